The summed E-state index contributed by atoms with van der Waals surface area (Å²) in [5.74, 6) is 0.490. The monoisotopic (exact) mass is 389 g/mol. The number of anilines is 1. The van der Waals surface area contributed by atoms with Gasteiger partial charge in [0.2, 0.25) is 6.79 Å². The molecule has 0 aromatic heterocycles. The van der Waals surface area contributed by atoms with Crippen LogP contribution < -0.4 is 29.6 Å². The Morgan fingerprint density at radius 2 is 1.93 bits per heavy atom. The summed E-state index contributed by atoms with van der Waals surface area (Å²) in [5.41, 5.74) is 0.174. The number of nitrogens with one attached hydrogen (secondary N) is 2. The topological polar surface area (TPSA) is 138 Å². The van der Waals surface area contributed by atoms with Gasteiger partial charge in [0.05, 0.1) is 18.1 Å². The minimum absolute atomic E-state index is 0.00280. The fourth-order valence-corrected chi connectivity index (χ4v) is 2.33. The number of nitro groups is 1. The highest BCUT2D eigenvalue weighted by Crippen LogP contribution is 2.34. The fraction of sp³-hybridized carbons (Fsp3) is 0.176. The van der Waals surface area contributed by atoms with Gasteiger partial charge in [0, 0.05) is 17.8 Å². The first kappa shape index (κ1) is 18.8. The summed E-state index contributed by atoms with van der Waals surface area (Å²) < 4.78 is 20.6. The van der Waals surface area contributed by atoms with Crippen LogP contribution >= 0.6 is 0 Å². The van der Waals surface area contributed by atoms with Crippen LogP contribution in [0.2, 0.25) is 0 Å². The number of carbonyl (C=O) groups is 2. The Morgan fingerprint density at radius 1 is 1.14 bits per heavy atom. The van der Waals surface area contributed by atoms with E-state index in [0.29, 0.717) is 17.2 Å². The van der Waals surface area contributed by atoms with Gasteiger partial charge >= 0.3 is 6.03 Å². The van der Waals surface area contributed by atoms with E-state index in [4.69, 9.17) is 18.9 Å². The summed E-state index contributed by atoms with van der Waals surface area (Å²) in [6.45, 7) is -0.450. The molecule has 28 heavy (non-hydrogen) atoms. The molecular weight excluding hydrogens is 374 g/mol. The second kappa shape index (κ2) is 8.12. The molecule has 11 heteroatoms. The third-order valence-corrected chi connectivity index (χ3v) is 3.60. The SMILES string of the molecule is COc1ccc([N+](=O)[O-])cc1OCC(=O)NC(=O)Nc1ccc2c(c1)OCO2. The van der Waals surface area contributed by atoms with E-state index < -0.39 is 23.5 Å². The van der Waals surface area contributed by atoms with Crippen LogP contribution in [0.4, 0.5) is 16.2 Å². The number of nitro benzene ring substituents is 1. The van der Waals surface area contributed by atoms with Crippen LogP contribution in [-0.4, -0.2) is 37.4 Å². The van der Waals surface area contributed by atoms with Gasteiger partial charge in [-0.2, -0.15) is 0 Å². The first-order valence-electron chi connectivity index (χ1n) is 7.92. The van der Waals surface area contributed by atoms with E-state index in [0.717, 1.165) is 6.07 Å². The number of non-ortho nitro benzene ring substituents is 1. The molecule has 3 rings (SSSR count). The van der Waals surface area contributed by atoms with E-state index in [9.17, 15) is 19.7 Å². The van der Waals surface area contributed by atoms with Crippen molar-refractivity contribution in [1.29, 1.82) is 0 Å². The normalized spacial score (nSPS) is 11.5. The van der Waals surface area contributed by atoms with Crippen molar-refractivity contribution >= 4 is 23.3 Å². The zero-order chi connectivity index (χ0) is 20.1. The van der Waals surface area contributed by atoms with Crippen molar-refractivity contribution in [2.75, 3.05) is 25.8 Å². The third-order valence-electron chi connectivity index (χ3n) is 3.60. The van der Waals surface area contributed by atoms with Crippen LogP contribution in [0, 0.1) is 10.1 Å². The molecule has 2 N–H and O–H groups in total. The molecule has 0 saturated carbocycles. The fourth-order valence-electron chi connectivity index (χ4n) is 2.33. The van der Waals surface area contributed by atoms with Gasteiger partial charge in [0.15, 0.2) is 29.6 Å². The van der Waals surface area contributed by atoms with Gasteiger partial charge in [-0.25, -0.2) is 4.79 Å². The van der Waals surface area contributed by atoms with Crippen LogP contribution in [0.5, 0.6) is 23.0 Å². The Kier molecular flexibility index (Phi) is 5.44. The molecule has 0 atom stereocenters. The Bertz CT molecular complexity index is 931. The molecule has 0 unspecified atom stereocenters. The van der Waals surface area contributed by atoms with Crippen LogP contribution in [0.25, 0.3) is 0 Å². The molecule has 2 aromatic rings. The van der Waals surface area contributed by atoms with Gasteiger partial charge in [0.25, 0.3) is 11.6 Å². The summed E-state index contributed by atoms with van der Waals surface area (Å²) in [5, 5.41) is 15.4. The summed E-state index contributed by atoms with van der Waals surface area (Å²) >= 11 is 0. The Labute approximate surface area is 158 Å². The number of imide groups is 1. The second-order valence-electron chi connectivity index (χ2n) is 5.45. The third kappa shape index (κ3) is 4.38. The lowest BCUT2D eigenvalue weighted by atomic mass is 10.3. The van der Waals surface area contributed by atoms with Crippen LogP contribution in [0.1, 0.15) is 0 Å². The Morgan fingerprint density at radius 3 is 2.68 bits per heavy atom. The van der Waals surface area contributed by atoms with E-state index in [1.165, 1.54) is 19.2 Å². The molecule has 2 aromatic carbocycles. The van der Waals surface area contributed by atoms with Crippen LogP contribution in [-0.2, 0) is 4.79 Å². The van der Waals surface area contributed by atoms with Gasteiger partial charge in [-0.05, 0) is 18.2 Å². The average molecular weight is 389 g/mol. The number of methoxy groups -OCH3 is 1. The maximum Gasteiger partial charge on any atom is 0.325 e. The second-order valence-corrected chi connectivity index (χ2v) is 5.45. The first-order chi connectivity index (χ1) is 13.5. The maximum absolute atomic E-state index is 11.9. The van der Waals surface area contributed by atoms with Gasteiger partial charge in [-0.1, -0.05) is 0 Å². The molecule has 3 amide bonds. The first-order valence-corrected chi connectivity index (χ1v) is 7.92. The van der Waals surface area contributed by atoms with E-state index in [1.807, 2.05) is 0 Å². The molecule has 0 radical (unpaired) electrons. The number of benzene rings is 2. The van der Waals surface area contributed by atoms with Crippen molar-refractivity contribution in [3.05, 3.63) is 46.5 Å². The molecule has 11 nitrogen and oxygen atoms in total. The lowest BCUT2D eigenvalue weighted by molar-refractivity contribution is -0.385. The van der Waals surface area contributed by atoms with Gasteiger partial charge in [0.1, 0.15) is 0 Å². The zero-order valence-corrected chi connectivity index (χ0v) is 14.6. The van der Waals surface area contributed by atoms with E-state index in [1.54, 1.807) is 18.2 Å². The molecule has 0 aliphatic carbocycles. The Balaban J connectivity index is 1.55. The molecule has 0 fully saturated rings. The quantitative estimate of drug-likeness (QED) is 0.565. The molecule has 1 heterocycles. The largest absolute Gasteiger partial charge is 0.493 e. The molecule has 0 bridgehead atoms. The standard InChI is InChI=1S/C17H15N3O8/c1-25-12-5-3-11(20(23)24)7-15(12)26-8-16(21)19-17(22)18-10-2-4-13-14(6-10)28-9-27-13/h2-7H,8-9H2,1H3,(H2,18,19,21,22). The average Bonchev–Trinajstić information content (AvgIpc) is 3.13. The maximum atomic E-state index is 11.9. The zero-order valence-electron chi connectivity index (χ0n) is 14.6. The molecule has 1 aliphatic heterocycles. The number of ether oxygens (including phenoxy) is 4. The minimum Gasteiger partial charge on any atom is -0.493 e. The van der Waals surface area contributed by atoms with E-state index in [2.05, 4.69) is 10.6 Å². The smallest absolute Gasteiger partial charge is 0.325 e. The summed E-state index contributed by atoms with van der Waals surface area (Å²) in [7, 11) is 1.35. The Hall–Kier alpha value is -4.02. The number of carbonyl (C=O) groups excluding carboxylic acids is 2. The highest BCUT2D eigenvalue weighted by molar-refractivity contribution is 6.01. The van der Waals surface area contributed by atoms with Crippen molar-refractivity contribution in [3.8, 4) is 23.0 Å². The summed E-state index contributed by atoms with van der Waals surface area (Å²) in [4.78, 5) is 34.1. The molecule has 1 aliphatic rings. The predicted octanol–water partition coefficient (Wildman–Crippen LogP) is 2.06. The van der Waals surface area contributed by atoms with Crippen molar-refractivity contribution in [2.45, 2.75) is 0 Å². The summed E-state index contributed by atoms with van der Waals surface area (Å²) in [6, 6.07) is 7.69. The minimum atomic E-state index is -0.779. The lowest BCUT2D eigenvalue weighted by Crippen LogP contribution is -2.37. The van der Waals surface area contributed by atoms with Crippen molar-refractivity contribution in [2.24, 2.45) is 0 Å². The molecule has 0 spiro atoms. The van der Waals surface area contributed by atoms with Crippen LogP contribution in [0.15, 0.2) is 36.4 Å². The molecule has 0 saturated heterocycles. The highest BCUT2D eigenvalue weighted by atomic mass is 16.7. The molecular formula is C17H15N3O8. The van der Waals surface area contributed by atoms with Gasteiger partial charge in [-0.3, -0.25) is 20.2 Å². The number of urea groups is 1. The van der Waals surface area contributed by atoms with Crippen molar-refractivity contribution in [3.63, 3.8) is 0 Å². The van der Waals surface area contributed by atoms with Gasteiger partial charge in [-0.15, -0.1) is 0 Å². The van der Waals surface area contributed by atoms with E-state index >= 15 is 0 Å². The number of hydrogen-bond acceptors (Lipinski definition) is 8. The highest BCUT2D eigenvalue weighted by Gasteiger charge is 2.17. The van der Waals surface area contributed by atoms with Crippen LogP contribution in [0.3, 0.4) is 0 Å². The number of hydrogen-bond donors (Lipinski definition) is 2. The lowest BCUT2D eigenvalue weighted by Gasteiger charge is -2.11. The van der Waals surface area contributed by atoms with Crippen molar-refractivity contribution in [1.82, 2.24) is 5.32 Å². The molecule has 146 valence electrons. The predicted molar refractivity (Wildman–Crippen MR) is 94.9 cm³/mol. The number of nitrogens with zero attached hydrogens (tertiary/aromatic N) is 1. The van der Waals surface area contributed by atoms with Crippen molar-refractivity contribution < 1.29 is 33.5 Å². The number of amides is 3. The van der Waals surface area contributed by atoms with E-state index in [-0.39, 0.29) is 24.0 Å². The summed E-state index contributed by atoms with van der Waals surface area (Å²) in [6.07, 6.45) is 0. The van der Waals surface area contributed by atoms with Gasteiger partial charge < -0.3 is 24.3 Å². The number of fused-ring (bicyclic) bond motifs is 1. The number of rotatable bonds is 6.